The molecule has 1 unspecified atom stereocenters. The zero-order chi connectivity index (χ0) is 15.5. The predicted octanol–water partition coefficient (Wildman–Crippen LogP) is 3.61. The van der Waals surface area contributed by atoms with Gasteiger partial charge in [0.05, 0.1) is 0 Å². The molecule has 3 nitrogen and oxygen atoms in total. The molecular formula is C17H14ClFN2O. The van der Waals surface area contributed by atoms with Gasteiger partial charge >= 0.3 is 0 Å². The molecule has 1 N–H and O–H groups in total. The van der Waals surface area contributed by atoms with E-state index in [-0.39, 0.29) is 18.2 Å². The number of Topliss-reactive ketones (excluding diaryl/α,β-unsaturated/α-hetero) is 1. The number of hydrazone groups is 1. The van der Waals surface area contributed by atoms with Crippen LogP contribution < -0.4 is 5.43 Å². The third-order valence-electron chi connectivity index (χ3n) is 3.66. The lowest BCUT2D eigenvalue weighted by atomic mass is 9.97. The molecule has 0 amide bonds. The van der Waals surface area contributed by atoms with Crippen molar-refractivity contribution in [1.29, 1.82) is 0 Å². The first-order valence-corrected chi connectivity index (χ1v) is 7.36. The van der Waals surface area contributed by atoms with Gasteiger partial charge in [-0.2, -0.15) is 5.10 Å². The molecule has 0 bridgehead atoms. The van der Waals surface area contributed by atoms with Crippen molar-refractivity contribution >= 4 is 23.6 Å². The van der Waals surface area contributed by atoms with E-state index in [1.54, 1.807) is 48.7 Å². The molecule has 0 spiro atoms. The third-order valence-corrected chi connectivity index (χ3v) is 3.99. The number of halogens is 2. The zero-order valence-electron chi connectivity index (χ0n) is 11.7. The van der Waals surface area contributed by atoms with Crippen LogP contribution in [0, 0.1) is 5.82 Å². The summed E-state index contributed by atoms with van der Waals surface area (Å²) in [5.74, 6) is -0.476. The summed E-state index contributed by atoms with van der Waals surface area (Å²) < 4.78 is 14.7. The molecule has 0 saturated carbocycles. The fourth-order valence-electron chi connectivity index (χ4n) is 2.47. The quantitative estimate of drug-likeness (QED) is 0.936. The number of hydrogen-bond acceptors (Lipinski definition) is 3. The first-order chi connectivity index (χ1) is 10.7. The molecule has 1 aliphatic rings. The van der Waals surface area contributed by atoms with Crippen LogP contribution in [0.4, 0.5) is 4.39 Å². The minimum Gasteiger partial charge on any atom is -0.299 e. The standard InChI is InChI=1S/C17H14ClFN2O/c18-14-7-2-1-5-12(14)13-6-3-4-11(17(13)19)10-16(22)15-8-9-20-21-15/h1-7,9,15,21H,8,10H2. The fourth-order valence-corrected chi connectivity index (χ4v) is 2.71. The topological polar surface area (TPSA) is 41.5 Å². The maximum atomic E-state index is 14.7. The summed E-state index contributed by atoms with van der Waals surface area (Å²) in [6, 6.07) is 11.8. The Labute approximate surface area is 132 Å². The molecule has 3 rings (SSSR count). The van der Waals surface area contributed by atoms with Gasteiger partial charge in [0.2, 0.25) is 0 Å². The largest absolute Gasteiger partial charge is 0.299 e. The SMILES string of the molecule is O=C(Cc1cccc(-c2ccccc2Cl)c1F)C1CC=NN1. The summed E-state index contributed by atoms with van der Waals surface area (Å²) in [6.07, 6.45) is 2.23. The Morgan fingerprint density at radius 1 is 1.23 bits per heavy atom. The van der Waals surface area contributed by atoms with E-state index in [0.29, 0.717) is 28.1 Å². The first-order valence-electron chi connectivity index (χ1n) is 6.99. The average Bonchev–Trinajstić information content (AvgIpc) is 3.05. The van der Waals surface area contributed by atoms with Crippen molar-refractivity contribution in [1.82, 2.24) is 5.43 Å². The number of hydrogen-bond donors (Lipinski definition) is 1. The van der Waals surface area contributed by atoms with E-state index in [1.807, 2.05) is 0 Å². The molecule has 0 radical (unpaired) electrons. The second-order valence-electron chi connectivity index (χ2n) is 5.13. The van der Waals surface area contributed by atoms with Crippen LogP contribution >= 0.6 is 11.6 Å². The first kappa shape index (κ1) is 14.7. The van der Waals surface area contributed by atoms with Gasteiger partial charge in [0.15, 0.2) is 5.78 Å². The summed E-state index contributed by atoms with van der Waals surface area (Å²) in [6.45, 7) is 0. The Bertz CT molecular complexity index is 737. The number of carbonyl (C=O) groups is 1. The van der Waals surface area contributed by atoms with Crippen molar-refractivity contribution in [2.75, 3.05) is 0 Å². The molecule has 1 atom stereocenters. The highest BCUT2D eigenvalue weighted by molar-refractivity contribution is 6.33. The summed E-state index contributed by atoms with van der Waals surface area (Å²) >= 11 is 6.13. The van der Waals surface area contributed by atoms with E-state index in [4.69, 9.17) is 11.6 Å². The van der Waals surface area contributed by atoms with Crippen LogP contribution in [0.2, 0.25) is 5.02 Å². The van der Waals surface area contributed by atoms with Gasteiger partial charge in [-0.3, -0.25) is 10.2 Å². The Hall–Kier alpha value is -2.20. The van der Waals surface area contributed by atoms with Crippen LogP contribution in [0.15, 0.2) is 47.6 Å². The van der Waals surface area contributed by atoms with E-state index >= 15 is 0 Å². The molecule has 22 heavy (non-hydrogen) atoms. The van der Waals surface area contributed by atoms with Gasteiger partial charge in [-0.1, -0.05) is 48.0 Å². The van der Waals surface area contributed by atoms with Gasteiger partial charge in [0.1, 0.15) is 11.9 Å². The van der Waals surface area contributed by atoms with Crippen LogP contribution in [0.1, 0.15) is 12.0 Å². The van der Waals surface area contributed by atoms with E-state index in [9.17, 15) is 9.18 Å². The number of nitrogens with one attached hydrogen (secondary N) is 1. The zero-order valence-corrected chi connectivity index (χ0v) is 12.5. The monoisotopic (exact) mass is 316 g/mol. The maximum Gasteiger partial charge on any atom is 0.161 e. The normalized spacial score (nSPS) is 16.5. The summed E-state index contributed by atoms with van der Waals surface area (Å²) in [7, 11) is 0. The fraction of sp³-hybridized carbons (Fsp3) is 0.176. The molecule has 2 aromatic carbocycles. The van der Waals surface area contributed by atoms with Gasteiger partial charge in [-0.15, -0.1) is 0 Å². The van der Waals surface area contributed by atoms with Crippen LogP contribution in [0.5, 0.6) is 0 Å². The Kier molecular flexibility index (Phi) is 4.20. The van der Waals surface area contributed by atoms with Gasteiger partial charge < -0.3 is 0 Å². The van der Waals surface area contributed by atoms with E-state index in [1.165, 1.54) is 0 Å². The molecule has 5 heteroatoms. The summed E-state index contributed by atoms with van der Waals surface area (Å²) in [4.78, 5) is 12.1. The third kappa shape index (κ3) is 2.88. The highest BCUT2D eigenvalue weighted by Crippen LogP contribution is 2.31. The second kappa shape index (κ2) is 6.28. The van der Waals surface area contributed by atoms with E-state index < -0.39 is 5.82 Å². The predicted molar refractivity (Wildman–Crippen MR) is 85.6 cm³/mol. The van der Waals surface area contributed by atoms with Crippen LogP contribution in [0.3, 0.4) is 0 Å². The molecule has 112 valence electrons. The van der Waals surface area contributed by atoms with E-state index in [2.05, 4.69) is 10.5 Å². The molecule has 0 saturated heterocycles. The van der Waals surface area contributed by atoms with E-state index in [0.717, 1.165) is 0 Å². The van der Waals surface area contributed by atoms with Crippen LogP contribution in [-0.4, -0.2) is 18.0 Å². The van der Waals surface area contributed by atoms with Crippen molar-refractivity contribution in [2.24, 2.45) is 5.10 Å². The molecule has 2 aromatic rings. The molecule has 1 heterocycles. The molecule has 1 aliphatic heterocycles. The van der Waals surface area contributed by atoms with Crippen molar-refractivity contribution in [2.45, 2.75) is 18.9 Å². The van der Waals surface area contributed by atoms with Gasteiger partial charge in [-0.05, 0) is 11.6 Å². The Balaban J connectivity index is 1.89. The van der Waals surface area contributed by atoms with Crippen molar-refractivity contribution in [3.05, 3.63) is 58.9 Å². The van der Waals surface area contributed by atoms with Gasteiger partial charge in [0, 0.05) is 35.2 Å². The molecular weight excluding hydrogens is 303 g/mol. The number of nitrogens with zero attached hydrogens (tertiary/aromatic N) is 1. The summed E-state index contributed by atoms with van der Waals surface area (Å²) in [5, 5.41) is 4.30. The van der Waals surface area contributed by atoms with Gasteiger partial charge in [-0.25, -0.2) is 4.39 Å². The smallest absolute Gasteiger partial charge is 0.161 e. The van der Waals surface area contributed by atoms with Crippen LogP contribution in [0.25, 0.3) is 11.1 Å². The Morgan fingerprint density at radius 2 is 2.00 bits per heavy atom. The number of ketones is 1. The molecule has 0 aromatic heterocycles. The van der Waals surface area contributed by atoms with Crippen molar-refractivity contribution in [3.8, 4) is 11.1 Å². The maximum absolute atomic E-state index is 14.7. The molecule has 0 aliphatic carbocycles. The lowest BCUT2D eigenvalue weighted by Gasteiger charge is -2.12. The number of rotatable bonds is 4. The van der Waals surface area contributed by atoms with Gasteiger partial charge in [0.25, 0.3) is 0 Å². The minimum absolute atomic E-state index is 0.0329. The Morgan fingerprint density at radius 3 is 2.73 bits per heavy atom. The lowest BCUT2D eigenvalue weighted by Crippen LogP contribution is -2.31. The average molecular weight is 317 g/mol. The molecule has 0 fully saturated rings. The second-order valence-corrected chi connectivity index (χ2v) is 5.54. The lowest BCUT2D eigenvalue weighted by molar-refractivity contribution is -0.120. The highest BCUT2D eigenvalue weighted by Gasteiger charge is 2.22. The van der Waals surface area contributed by atoms with Crippen molar-refractivity contribution < 1.29 is 9.18 Å². The van der Waals surface area contributed by atoms with Crippen LogP contribution in [-0.2, 0) is 11.2 Å². The minimum atomic E-state index is -0.400. The van der Waals surface area contributed by atoms with Crippen molar-refractivity contribution in [3.63, 3.8) is 0 Å². The number of benzene rings is 2. The highest BCUT2D eigenvalue weighted by atomic mass is 35.5. The summed E-state index contributed by atoms with van der Waals surface area (Å²) in [5.41, 5.74) is 4.13. The number of carbonyl (C=O) groups excluding carboxylic acids is 1.